The van der Waals surface area contributed by atoms with Crippen LogP contribution in [-0.2, 0) is 11.3 Å². The van der Waals surface area contributed by atoms with Crippen molar-refractivity contribution in [1.29, 1.82) is 0 Å². The summed E-state index contributed by atoms with van der Waals surface area (Å²) in [4.78, 5) is 20.7. The highest BCUT2D eigenvalue weighted by molar-refractivity contribution is 14.0. The fourth-order valence-electron chi connectivity index (χ4n) is 4.04. The molecule has 162 valence electrons. The Bertz CT molecular complexity index is 646. The number of likely N-dealkylation sites (N-methyl/N-ethyl adjacent to an activating group) is 1. The van der Waals surface area contributed by atoms with Crippen molar-refractivity contribution >= 4 is 35.8 Å². The van der Waals surface area contributed by atoms with Crippen LogP contribution in [0.3, 0.4) is 0 Å². The maximum absolute atomic E-state index is 12.0. The number of hydrogen-bond donors (Lipinski definition) is 2. The molecule has 2 fully saturated rings. The van der Waals surface area contributed by atoms with Gasteiger partial charge in [-0.1, -0.05) is 43.2 Å². The van der Waals surface area contributed by atoms with Crippen molar-refractivity contribution in [2.75, 3.05) is 33.7 Å². The number of carbonyl (C=O) groups is 1. The monoisotopic (exact) mass is 513 g/mol. The van der Waals surface area contributed by atoms with Gasteiger partial charge in [-0.3, -0.25) is 9.69 Å². The Labute approximate surface area is 192 Å². The number of carbonyl (C=O) groups excluding carboxylic acids is 1. The van der Waals surface area contributed by atoms with Gasteiger partial charge in [-0.15, -0.1) is 24.0 Å². The predicted molar refractivity (Wildman–Crippen MR) is 130 cm³/mol. The fraction of sp³-hybridized carbons (Fsp3) is 0.636. The number of halogens is 1. The molecule has 1 amide bonds. The van der Waals surface area contributed by atoms with Crippen LogP contribution in [0.1, 0.15) is 44.1 Å². The van der Waals surface area contributed by atoms with E-state index < -0.39 is 0 Å². The quantitative estimate of drug-likeness (QED) is 0.349. The van der Waals surface area contributed by atoms with E-state index in [9.17, 15) is 4.79 Å². The molecule has 1 saturated heterocycles. The number of nitrogens with zero attached hydrogens (tertiary/aromatic N) is 3. The van der Waals surface area contributed by atoms with Crippen LogP contribution in [0.15, 0.2) is 35.3 Å². The molecule has 2 aliphatic rings. The molecule has 1 aliphatic heterocycles. The Hall–Kier alpha value is -1.35. The SMILES string of the molecule is CN(C)C(=O)CN=C(NC1CCCC1)NC1CCCN(Cc2ccccc2)C1.I. The smallest absolute Gasteiger partial charge is 0.243 e. The number of rotatable bonds is 6. The lowest BCUT2D eigenvalue weighted by Gasteiger charge is -2.34. The molecule has 1 aromatic carbocycles. The summed E-state index contributed by atoms with van der Waals surface area (Å²) in [6.45, 7) is 3.31. The van der Waals surface area contributed by atoms with Gasteiger partial charge in [0.05, 0.1) is 0 Å². The Kier molecular flexibility index (Phi) is 10.2. The highest BCUT2D eigenvalue weighted by atomic mass is 127. The molecule has 7 heteroatoms. The van der Waals surface area contributed by atoms with Crippen molar-refractivity contribution in [1.82, 2.24) is 20.4 Å². The number of piperidine rings is 1. The van der Waals surface area contributed by atoms with E-state index >= 15 is 0 Å². The van der Waals surface area contributed by atoms with E-state index in [2.05, 4.69) is 50.9 Å². The van der Waals surface area contributed by atoms with Crippen LogP contribution in [0.4, 0.5) is 0 Å². The number of hydrogen-bond acceptors (Lipinski definition) is 3. The first-order valence-corrected chi connectivity index (χ1v) is 10.6. The average molecular weight is 513 g/mol. The number of aliphatic imine (C=N–C) groups is 1. The number of guanidine groups is 1. The van der Waals surface area contributed by atoms with Gasteiger partial charge in [0, 0.05) is 39.3 Å². The van der Waals surface area contributed by atoms with Gasteiger partial charge in [0.15, 0.2) is 5.96 Å². The van der Waals surface area contributed by atoms with Crippen LogP contribution >= 0.6 is 24.0 Å². The van der Waals surface area contributed by atoms with E-state index in [0.29, 0.717) is 12.1 Å². The second-order valence-corrected chi connectivity index (χ2v) is 8.28. The summed E-state index contributed by atoms with van der Waals surface area (Å²) in [6.07, 6.45) is 7.24. The number of amides is 1. The number of nitrogens with one attached hydrogen (secondary N) is 2. The summed E-state index contributed by atoms with van der Waals surface area (Å²) in [6, 6.07) is 11.5. The lowest BCUT2D eigenvalue weighted by atomic mass is 10.0. The Morgan fingerprint density at radius 3 is 2.41 bits per heavy atom. The molecular weight excluding hydrogens is 477 g/mol. The first-order valence-electron chi connectivity index (χ1n) is 10.6. The summed E-state index contributed by atoms with van der Waals surface area (Å²) in [5.74, 6) is 0.829. The highest BCUT2D eigenvalue weighted by Crippen LogP contribution is 2.18. The van der Waals surface area contributed by atoms with Crippen molar-refractivity contribution in [3.05, 3.63) is 35.9 Å². The molecule has 1 saturated carbocycles. The largest absolute Gasteiger partial charge is 0.354 e. The topological polar surface area (TPSA) is 60.0 Å². The Morgan fingerprint density at radius 1 is 1.07 bits per heavy atom. The minimum absolute atomic E-state index is 0. The van der Waals surface area contributed by atoms with Crippen molar-refractivity contribution in [3.63, 3.8) is 0 Å². The second kappa shape index (κ2) is 12.4. The van der Waals surface area contributed by atoms with Crippen molar-refractivity contribution < 1.29 is 4.79 Å². The summed E-state index contributed by atoms with van der Waals surface area (Å²) in [5, 5.41) is 7.19. The normalized spacial score (nSPS) is 20.8. The molecule has 1 unspecified atom stereocenters. The maximum atomic E-state index is 12.0. The van der Waals surface area contributed by atoms with Crippen LogP contribution in [0.25, 0.3) is 0 Å². The molecule has 0 radical (unpaired) electrons. The van der Waals surface area contributed by atoms with Gasteiger partial charge in [0.2, 0.25) is 5.91 Å². The first kappa shape index (κ1) is 23.9. The van der Waals surface area contributed by atoms with E-state index in [1.54, 1.807) is 19.0 Å². The minimum atomic E-state index is 0. The molecule has 3 rings (SSSR count). The third-order valence-electron chi connectivity index (χ3n) is 5.66. The minimum Gasteiger partial charge on any atom is -0.354 e. The maximum Gasteiger partial charge on any atom is 0.243 e. The van der Waals surface area contributed by atoms with Crippen LogP contribution < -0.4 is 10.6 Å². The van der Waals surface area contributed by atoms with Gasteiger partial charge in [0.1, 0.15) is 6.54 Å². The molecule has 0 spiro atoms. The molecule has 0 bridgehead atoms. The molecular formula is C22H36IN5O. The Balaban J connectivity index is 0.00000300. The van der Waals surface area contributed by atoms with Gasteiger partial charge in [0.25, 0.3) is 0 Å². The molecule has 1 aromatic rings. The standard InChI is InChI=1S/C22H35N5O.HI/c1-26(2)21(28)15-23-22(24-19-11-6-7-12-19)25-20-13-8-14-27(17-20)16-18-9-4-3-5-10-18;/h3-5,9-10,19-20H,6-8,11-17H2,1-2H3,(H2,23,24,25);1H. The molecule has 1 heterocycles. The fourth-order valence-corrected chi connectivity index (χ4v) is 4.04. The van der Waals surface area contributed by atoms with E-state index in [-0.39, 0.29) is 36.4 Å². The molecule has 1 aliphatic carbocycles. The molecule has 29 heavy (non-hydrogen) atoms. The predicted octanol–water partition coefficient (Wildman–Crippen LogP) is 2.84. The van der Waals surface area contributed by atoms with Crippen molar-refractivity contribution in [2.24, 2.45) is 4.99 Å². The van der Waals surface area contributed by atoms with Crippen molar-refractivity contribution in [2.45, 2.75) is 57.2 Å². The molecule has 6 nitrogen and oxygen atoms in total. The van der Waals surface area contributed by atoms with Crippen LogP contribution in [-0.4, -0.2) is 67.5 Å². The lowest BCUT2D eigenvalue weighted by molar-refractivity contribution is -0.127. The molecule has 1 atom stereocenters. The van der Waals surface area contributed by atoms with E-state index in [1.807, 2.05) is 0 Å². The van der Waals surface area contributed by atoms with E-state index in [4.69, 9.17) is 0 Å². The molecule has 0 aromatic heterocycles. The summed E-state index contributed by atoms with van der Waals surface area (Å²) in [5.41, 5.74) is 1.36. The zero-order valence-corrected chi connectivity index (χ0v) is 20.1. The van der Waals surface area contributed by atoms with Gasteiger partial charge < -0.3 is 15.5 Å². The van der Waals surface area contributed by atoms with Crippen LogP contribution in [0.5, 0.6) is 0 Å². The zero-order valence-electron chi connectivity index (χ0n) is 17.8. The van der Waals surface area contributed by atoms with Crippen molar-refractivity contribution in [3.8, 4) is 0 Å². The summed E-state index contributed by atoms with van der Waals surface area (Å²) >= 11 is 0. The second-order valence-electron chi connectivity index (χ2n) is 8.28. The lowest BCUT2D eigenvalue weighted by Crippen LogP contribution is -2.52. The third-order valence-corrected chi connectivity index (χ3v) is 5.66. The number of likely N-dealkylation sites (tertiary alicyclic amines) is 1. The first-order chi connectivity index (χ1) is 13.6. The zero-order chi connectivity index (χ0) is 19.8. The van der Waals surface area contributed by atoms with Gasteiger partial charge in [-0.25, -0.2) is 4.99 Å². The average Bonchev–Trinajstić information content (AvgIpc) is 3.20. The number of benzene rings is 1. The van der Waals surface area contributed by atoms with Crippen LogP contribution in [0, 0.1) is 0 Å². The van der Waals surface area contributed by atoms with E-state index in [1.165, 1.54) is 37.7 Å². The van der Waals surface area contributed by atoms with E-state index in [0.717, 1.165) is 32.0 Å². The Morgan fingerprint density at radius 2 is 1.72 bits per heavy atom. The third kappa shape index (κ3) is 8.12. The highest BCUT2D eigenvalue weighted by Gasteiger charge is 2.23. The summed E-state index contributed by atoms with van der Waals surface area (Å²) < 4.78 is 0. The van der Waals surface area contributed by atoms with Gasteiger partial charge in [-0.05, 0) is 37.8 Å². The molecule has 2 N–H and O–H groups in total. The van der Waals surface area contributed by atoms with Crippen LogP contribution in [0.2, 0.25) is 0 Å². The van der Waals surface area contributed by atoms with Gasteiger partial charge in [-0.2, -0.15) is 0 Å². The summed E-state index contributed by atoms with van der Waals surface area (Å²) in [7, 11) is 3.55. The van der Waals surface area contributed by atoms with Gasteiger partial charge >= 0.3 is 0 Å².